The zero-order valence-corrected chi connectivity index (χ0v) is 12.5. The topological polar surface area (TPSA) is 61.0 Å². The normalized spacial score (nSPS) is 10.8. The van der Waals surface area contributed by atoms with Crippen LogP contribution in [0.15, 0.2) is 35.7 Å². The van der Waals surface area contributed by atoms with Gasteiger partial charge in [-0.15, -0.1) is 22.7 Å². The van der Waals surface area contributed by atoms with Crippen molar-refractivity contribution in [1.29, 1.82) is 0 Å². The zero-order valence-electron chi connectivity index (χ0n) is 10.9. The van der Waals surface area contributed by atoms with Crippen molar-refractivity contribution in [2.24, 2.45) is 0 Å². The molecular weight excluding hydrogens is 290 g/mol. The van der Waals surface area contributed by atoms with Gasteiger partial charge in [-0.1, -0.05) is 30.3 Å². The van der Waals surface area contributed by atoms with Gasteiger partial charge in [-0.2, -0.15) is 0 Å². The Morgan fingerprint density at radius 3 is 2.65 bits per heavy atom. The Morgan fingerprint density at radius 1 is 1.20 bits per heavy atom. The van der Waals surface area contributed by atoms with E-state index in [1.54, 1.807) is 18.4 Å². The van der Waals surface area contributed by atoms with Gasteiger partial charge in [-0.05, 0) is 0 Å². The van der Waals surface area contributed by atoms with Crippen LogP contribution in [0.2, 0.25) is 0 Å². The van der Waals surface area contributed by atoms with Crippen molar-refractivity contribution in [1.82, 2.24) is 9.97 Å². The van der Waals surface area contributed by atoms with E-state index in [2.05, 4.69) is 22.1 Å². The van der Waals surface area contributed by atoms with Crippen molar-refractivity contribution in [2.75, 3.05) is 12.8 Å². The summed E-state index contributed by atoms with van der Waals surface area (Å²) in [5.74, 6) is 0. The first-order valence-electron chi connectivity index (χ1n) is 6.03. The van der Waals surface area contributed by atoms with Crippen LogP contribution in [0.5, 0.6) is 0 Å². The van der Waals surface area contributed by atoms with Crippen LogP contribution < -0.4 is 5.73 Å². The molecule has 102 valence electrons. The van der Waals surface area contributed by atoms with E-state index in [9.17, 15) is 0 Å². The maximum atomic E-state index is 5.72. The molecule has 0 atom stereocenters. The first kappa shape index (κ1) is 13.2. The minimum absolute atomic E-state index is 0.468. The predicted octanol–water partition coefficient (Wildman–Crippen LogP) is 3.66. The predicted molar refractivity (Wildman–Crippen MR) is 83.8 cm³/mol. The number of nitrogen functional groups attached to an aromatic ring is 1. The second-order valence-corrected chi connectivity index (χ2v) is 6.05. The van der Waals surface area contributed by atoms with Gasteiger partial charge in [0.25, 0.3) is 0 Å². The largest absolute Gasteiger partial charge is 0.378 e. The number of rotatable bonds is 4. The first-order valence-corrected chi connectivity index (χ1v) is 7.73. The van der Waals surface area contributed by atoms with Crippen molar-refractivity contribution in [3.8, 4) is 21.1 Å². The molecule has 3 aromatic rings. The van der Waals surface area contributed by atoms with E-state index in [0.29, 0.717) is 11.7 Å². The van der Waals surface area contributed by atoms with Crippen molar-refractivity contribution >= 4 is 27.8 Å². The van der Waals surface area contributed by atoms with Crippen LogP contribution in [0, 0.1) is 0 Å². The van der Waals surface area contributed by atoms with Gasteiger partial charge >= 0.3 is 0 Å². The lowest BCUT2D eigenvalue weighted by Gasteiger charge is -1.96. The average molecular weight is 303 g/mol. The van der Waals surface area contributed by atoms with E-state index >= 15 is 0 Å². The standard InChI is InChI=1S/C14H13N3OS2/c1-18-7-10-12(11-8-19-14(15)17-11)20-13(16-10)9-5-3-2-4-6-9/h2-6,8H,7H2,1H3,(H2,15,17). The van der Waals surface area contributed by atoms with Gasteiger partial charge in [-0.25, -0.2) is 9.97 Å². The molecule has 2 aromatic heterocycles. The molecule has 0 spiro atoms. The molecule has 0 fully saturated rings. The lowest BCUT2D eigenvalue weighted by Crippen LogP contribution is -1.91. The molecule has 4 nitrogen and oxygen atoms in total. The molecule has 0 aliphatic carbocycles. The summed E-state index contributed by atoms with van der Waals surface area (Å²) in [6.45, 7) is 0.468. The van der Waals surface area contributed by atoms with Crippen LogP contribution in [-0.4, -0.2) is 17.1 Å². The Balaban J connectivity index is 2.07. The Hall–Kier alpha value is -1.76. The molecule has 1 aromatic carbocycles. The van der Waals surface area contributed by atoms with Gasteiger partial charge in [0.05, 0.1) is 22.9 Å². The molecule has 0 aliphatic heterocycles. The van der Waals surface area contributed by atoms with Crippen LogP contribution >= 0.6 is 22.7 Å². The van der Waals surface area contributed by atoms with Crippen LogP contribution in [-0.2, 0) is 11.3 Å². The van der Waals surface area contributed by atoms with E-state index in [0.717, 1.165) is 26.8 Å². The minimum atomic E-state index is 0.468. The Bertz CT molecular complexity index is 706. The fraction of sp³-hybridized carbons (Fsp3) is 0.143. The number of methoxy groups -OCH3 is 1. The second kappa shape index (κ2) is 5.70. The molecule has 0 bridgehead atoms. The fourth-order valence-electron chi connectivity index (χ4n) is 1.88. The Labute approximate surface area is 124 Å². The van der Waals surface area contributed by atoms with Crippen LogP contribution in [0.3, 0.4) is 0 Å². The Morgan fingerprint density at radius 2 is 2.00 bits per heavy atom. The molecule has 2 N–H and O–H groups in total. The quantitative estimate of drug-likeness (QED) is 0.799. The van der Waals surface area contributed by atoms with Gasteiger partial charge in [0.1, 0.15) is 5.01 Å². The summed E-state index contributed by atoms with van der Waals surface area (Å²) in [4.78, 5) is 10.0. The molecular formula is C14H13N3OS2. The highest BCUT2D eigenvalue weighted by Gasteiger charge is 2.16. The Kier molecular flexibility index (Phi) is 3.77. The third-order valence-corrected chi connectivity index (χ3v) is 4.60. The minimum Gasteiger partial charge on any atom is -0.378 e. The number of nitrogens with two attached hydrogens (primary N) is 1. The SMILES string of the molecule is COCc1nc(-c2ccccc2)sc1-c1csc(N)n1. The van der Waals surface area contributed by atoms with Gasteiger partial charge < -0.3 is 10.5 Å². The van der Waals surface area contributed by atoms with Gasteiger partial charge in [0.15, 0.2) is 5.13 Å². The molecule has 2 heterocycles. The van der Waals surface area contributed by atoms with Crippen molar-refractivity contribution in [3.05, 3.63) is 41.4 Å². The number of nitrogens with zero attached hydrogens (tertiary/aromatic N) is 2. The number of hydrogen-bond donors (Lipinski definition) is 1. The number of hydrogen-bond acceptors (Lipinski definition) is 6. The summed E-state index contributed by atoms with van der Waals surface area (Å²) in [7, 11) is 1.67. The number of aromatic nitrogens is 2. The van der Waals surface area contributed by atoms with Crippen LogP contribution in [0.25, 0.3) is 21.1 Å². The molecule has 0 radical (unpaired) electrons. The number of thiazole rings is 2. The maximum absolute atomic E-state index is 5.72. The van der Waals surface area contributed by atoms with E-state index in [1.165, 1.54) is 11.3 Å². The van der Waals surface area contributed by atoms with Crippen molar-refractivity contribution in [2.45, 2.75) is 6.61 Å². The second-order valence-electron chi connectivity index (χ2n) is 4.16. The molecule has 0 aliphatic rings. The van der Waals surface area contributed by atoms with Crippen molar-refractivity contribution < 1.29 is 4.74 Å². The highest BCUT2D eigenvalue weighted by molar-refractivity contribution is 7.19. The van der Waals surface area contributed by atoms with Crippen molar-refractivity contribution in [3.63, 3.8) is 0 Å². The lowest BCUT2D eigenvalue weighted by molar-refractivity contribution is 0.182. The molecule has 0 amide bonds. The van der Waals surface area contributed by atoms with E-state index in [1.807, 2.05) is 23.6 Å². The monoisotopic (exact) mass is 303 g/mol. The maximum Gasteiger partial charge on any atom is 0.180 e. The third-order valence-electron chi connectivity index (χ3n) is 2.75. The molecule has 6 heteroatoms. The number of benzene rings is 1. The summed E-state index contributed by atoms with van der Waals surface area (Å²) in [6.07, 6.45) is 0. The molecule has 3 rings (SSSR count). The molecule has 0 saturated carbocycles. The van der Waals surface area contributed by atoms with E-state index < -0.39 is 0 Å². The zero-order chi connectivity index (χ0) is 13.9. The molecule has 0 unspecified atom stereocenters. The lowest BCUT2D eigenvalue weighted by atomic mass is 10.2. The third kappa shape index (κ3) is 2.58. The highest BCUT2D eigenvalue weighted by atomic mass is 32.1. The van der Waals surface area contributed by atoms with E-state index in [-0.39, 0.29) is 0 Å². The summed E-state index contributed by atoms with van der Waals surface area (Å²) in [6, 6.07) is 10.1. The average Bonchev–Trinajstić information content (AvgIpc) is 3.07. The summed E-state index contributed by atoms with van der Waals surface area (Å²) < 4.78 is 5.23. The number of ether oxygens (including phenoxy) is 1. The van der Waals surface area contributed by atoms with Gasteiger partial charge in [-0.3, -0.25) is 0 Å². The molecule has 20 heavy (non-hydrogen) atoms. The van der Waals surface area contributed by atoms with E-state index in [4.69, 9.17) is 10.5 Å². The van der Waals surface area contributed by atoms with Gasteiger partial charge in [0.2, 0.25) is 0 Å². The summed E-state index contributed by atoms with van der Waals surface area (Å²) in [5, 5.41) is 3.49. The highest BCUT2D eigenvalue weighted by Crippen LogP contribution is 2.36. The number of anilines is 1. The summed E-state index contributed by atoms with van der Waals surface area (Å²) >= 11 is 3.05. The van der Waals surface area contributed by atoms with Crippen LogP contribution in [0.4, 0.5) is 5.13 Å². The summed E-state index contributed by atoms with van der Waals surface area (Å²) in [5.41, 5.74) is 8.60. The molecule has 0 saturated heterocycles. The first-order chi connectivity index (χ1) is 9.78. The van der Waals surface area contributed by atoms with Gasteiger partial charge in [0, 0.05) is 18.1 Å². The fourth-order valence-corrected chi connectivity index (χ4v) is 3.55. The van der Waals surface area contributed by atoms with Crippen LogP contribution in [0.1, 0.15) is 5.69 Å². The smallest absolute Gasteiger partial charge is 0.180 e.